The number of carbonyl (C=O) groups is 1. The van der Waals surface area contributed by atoms with Gasteiger partial charge in [-0.3, -0.25) is 4.79 Å². The fourth-order valence-electron chi connectivity index (χ4n) is 3.00. The molecule has 1 atom stereocenters. The predicted molar refractivity (Wildman–Crippen MR) is 96.9 cm³/mol. The molecular formula is C16H23ClF3N3O3S. The summed E-state index contributed by atoms with van der Waals surface area (Å²) in [4.78, 5) is 10.8. The van der Waals surface area contributed by atoms with Crippen molar-refractivity contribution in [2.75, 3.05) is 19.6 Å². The molecule has 1 aromatic rings. The van der Waals surface area contributed by atoms with Gasteiger partial charge in [0.25, 0.3) is 0 Å². The van der Waals surface area contributed by atoms with Crippen LogP contribution in [0, 0.1) is 0 Å². The quantitative estimate of drug-likeness (QED) is 0.724. The molecule has 0 radical (unpaired) electrons. The van der Waals surface area contributed by atoms with Crippen LogP contribution < -0.4 is 11.1 Å². The number of carbonyl (C=O) groups excluding carboxylic acids is 1. The molecule has 1 unspecified atom stereocenters. The Labute approximate surface area is 162 Å². The number of benzene rings is 1. The van der Waals surface area contributed by atoms with Crippen molar-refractivity contribution in [3.8, 4) is 0 Å². The second-order valence-electron chi connectivity index (χ2n) is 6.10. The van der Waals surface area contributed by atoms with E-state index < -0.39 is 32.7 Å². The summed E-state index contributed by atoms with van der Waals surface area (Å²) >= 11 is 0. The van der Waals surface area contributed by atoms with E-state index in [1.54, 1.807) is 0 Å². The van der Waals surface area contributed by atoms with Crippen LogP contribution in [0.15, 0.2) is 29.2 Å². The van der Waals surface area contributed by atoms with Crippen LogP contribution in [-0.2, 0) is 21.0 Å². The first-order valence-electron chi connectivity index (χ1n) is 8.32. The number of nitrogens with zero attached hydrogens (tertiary/aromatic N) is 1. The van der Waals surface area contributed by atoms with Gasteiger partial charge < -0.3 is 11.1 Å². The van der Waals surface area contributed by atoms with Crippen molar-refractivity contribution in [2.45, 2.75) is 42.8 Å². The van der Waals surface area contributed by atoms with E-state index in [0.29, 0.717) is 12.8 Å². The molecule has 3 N–H and O–H groups in total. The maximum Gasteiger partial charge on any atom is 0.417 e. The smallest absolute Gasteiger partial charge is 0.354 e. The topological polar surface area (TPSA) is 92.5 Å². The van der Waals surface area contributed by atoms with E-state index in [-0.39, 0.29) is 44.4 Å². The average molecular weight is 430 g/mol. The van der Waals surface area contributed by atoms with Crippen molar-refractivity contribution in [3.63, 3.8) is 0 Å². The van der Waals surface area contributed by atoms with Crippen LogP contribution in [0.25, 0.3) is 0 Å². The van der Waals surface area contributed by atoms with Gasteiger partial charge in [-0.2, -0.15) is 17.5 Å². The first-order chi connectivity index (χ1) is 12.2. The lowest BCUT2D eigenvalue weighted by Crippen LogP contribution is -2.49. The molecule has 6 nitrogen and oxygen atoms in total. The van der Waals surface area contributed by atoms with Gasteiger partial charge in [-0.1, -0.05) is 18.6 Å². The molecule has 1 amide bonds. The summed E-state index contributed by atoms with van der Waals surface area (Å²) in [6, 6.07) is 3.56. The monoisotopic (exact) mass is 429 g/mol. The van der Waals surface area contributed by atoms with Crippen molar-refractivity contribution in [1.82, 2.24) is 9.62 Å². The third-order valence-electron chi connectivity index (χ3n) is 4.26. The average Bonchev–Trinajstić information content (AvgIpc) is 2.60. The minimum Gasteiger partial charge on any atom is -0.354 e. The zero-order valence-electron chi connectivity index (χ0n) is 14.5. The van der Waals surface area contributed by atoms with Crippen LogP contribution >= 0.6 is 12.4 Å². The standard InChI is InChI=1S/C16H22F3N3O3S.ClH/c17-16(18,19)13-6-1-2-7-14(13)26(24,25)22-10-4-3-5-12(22)11-21-15(23)8-9-20;/h1-2,6-7,12H,3-5,8-11,20H2,(H,21,23);1H. The predicted octanol–water partition coefficient (Wildman–Crippen LogP) is 2.14. The van der Waals surface area contributed by atoms with Crippen molar-refractivity contribution in [2.24, 2.45) is 5.73 Å². The summed E-state index contributed by atoms with van der Waals surface area (Å²) in [5, 5.41) is 2.60. The number of amides is 1. The highest BCUT2D eigenvalue weighted by Gasteiger charge is 2.41. The molecule has 2 rings (SSSR count). The van der Waals surface area contributed by atoms with Crippen molar-refractivity contribution >= 4 is 28.3 Å². The first-order valence-corrected chi connectivity index (χ1v) is 9.76. The first kappa shape index (κ1) is 23.7. The molecule has 1 aliphatic rings. The largest absolute Gasteiger partial charge is 0.417 e. The molecule has 11 heteroatoms. The van der Waals surface area contributed by atoms with Gasteiger partial charge in [0.05, 0.1) is 10.5 Å². The van der Waals surface area contributed by atoms with Crippen LogP contribution in [0.5, 0.6) is 0 Å². The van der Waals surface area contributed by atoms with E-state index in [2.05, 4.69) is 5.32 Å². The molecule has 27 heavy (non-hydrogen) atoms. The number of sulfonamides is 1. The van der Waals surface area contributed by atoms with Gasteiger partial charge >= 0.3 is 6.18 Å². The lowest BCUT2D eigenvalue weighted by molar-refractivity contribution is -0.140. The van der Waals surface area contributed by atoms with Crippen LogP contribution in [0.2, 0.25) is 0 Å². The molecule has 1 aliphatic heterocycles. The summed E-state index contributed by atoms with van der Waals surface area (Å²) in [6.07, 6.45) is -2.90. The second kappa shape index (κ2) is 9.72. The molecule has 1 saturated heterocycles. The molecule has 1 heterocycles. The Morgan fingerprint density at radius 2 is 1.93 bits per heavy atom. The number of piperidine rings is 1. The van der Waals surface area contributed by atoms with E-state index >= 15 is 0 Å². The Balaban J connectivity index is 0.00000364. The van der Waals surface area contributed by atoms with Gasteiger partial charge in [0, 0.05) is 32.1 Å². The number of hydrogen-bond acceptors (Lipinski definition) is 4. The molecule has 0 spiro atoms. The molecule has 154 valence electrons. The fourth-order valence-corrected chi connectivity index (χ4v) is 4.90. The maximum atomic E-state index is 13.2. The van der Waals surface area contributed by atoms with Crippen LogP contribution in [0.1, 0.15) is 31.2 Å². The Morgan fingerprint density at radius 3 is 2.56 bits per heavy atom. The SMILES string of the molecule is Cl.NCCC(=O)NCC1CCCCN1S(=O)(=O)c1ccccc1C(F)(F)F. The van der Waals surface area contributed by atoms with Crippen LogP contribution in [0.4, 0.5) is 13.2 Å². The third-order valence-corrected chi connectivity index (χ3v) is 6.27. The minimum absolute atomic E-state index is 0. The molecular weight excluding hydrogens is 407 g/mol. The van der Waals surface area contributed by atoms with E-state index in [4.69, 9.17) is 5.73 Å². The number of alkyl halides is 3. The number of hydrogen-bond donors (Lipinski definition) is 2. The Kier molecular flexibility index (Phi) is 8.52. The van der Waals surface area contributed by atoms with E-state index in [1.807, 2.05) is 0 Å². The van der Waals surface area contributed by atoms with Crippen molar-refractivity contribution in [3.05, 3.63) is 29.8 Å². The number of nitrogens with two attached hydrogens (primary N) is 1. The van der Waals surface area contributed by atoms with Gasteiger partial charge in [-0.25, -0.2) is 8.42 Å². The minimum atomic E-state index is -4.77. The van der Waals surface area contributed by atoms with Crippen molar-refractivity contribution in [1.29, 1.82) is 0 Å². The maximum absolute atomic E-state index is 13.2. The van der Waals surface area contributed by atoms with Gasteiger partial charge in [0.1, 0.15) is 0 Å². The zero-order valence-corrected chi connectivity index (χ0v) is 16.2. The Hall–Kier alpha value is -1.36. The van der Waals surface area contributed by atoms with Gasteiger partial charge in [-0.15, -0.1) is 12.4 Å². The van der Waals surface area contributed by atoms with Gasteiger partial charge in [-0.05, 0) is 25.0 Å². The molecule has 0 saturated carbocycles. The Morgan fingerprint density at radius 1 is 1.26 bits per heavy atom. The summed E-state index contributed by atoms with van der Waals surface area (Å²) in [5.74, 6) is -0.314. The fraction of sp³-hybridized carbons (Fsp3) is 0.562. The lowest BCUT2D eigenvalue weighted by Gasteiger charge is -2.35. The van der Waals surface area contributed by atoms with E-state index in [1.165, 1.54) is 6.07 Å². The zero-order chi connectivity index (χ0) is 19.4. The molecule has 0 aromatic heterocycles. The summed E-state index contributed by atoms with van der Waals surface area (Å²) in [6.45, 7) is 0.329. The molecule has 1 fully saturated rings. The van der Waals surface area contributed by atoms with Gasteiger partial charge in [0.2, 0.25) is 15.9 Å². The van der Waals surface area contributed by atoms with Crippen LogP contribution in [0.3, 0.4) is 0 Å². The molecule has 0 aliphatic carbocycles. The summed E-state index contributed by atoms with van der Waals surface area (Å²) in [5.41, 5.74) is 4.11. The normalized spacial score (nSPS) is 18.6. The van der Waals surface area contributed by atoms with Crippen molar-refractivity contribution < 1.29 is 26.4 Å². The Bertz CT molecular complexity index is 744. The highest BCUT2D eigenvalue weighted by Crippen LogP contribution is 2.36. The number of nitrogens with one attached hydrogen (secondary N) is 1. The highest BCUT2D eigenvalue weighted by atomic mass is 35.5. The molecule has 1 aromatic carbocycles. The number of halogens is 4. The van der Waals surface area contributed by atoms with E-state index in [9.17, 15) is 26.4 Å². The number of rotatable bonds is 6. The summed E-state index contributed by atoms with van der Waals surface area (Å²) < 4.78 is 66.6. The van der Waals surface area contributed by atoms with E-state index in [0.717, 1.165) is 28.9 Å². The van der Waals surface area contributed by atoms with Gasteiger partial charge in [0.15, 0.2) is 0 Å². The lowest BCUT2D eigenvalue weighted by atomic mass is 10.1. The highest BCUT2D eigenvalue weighted by molar-refractivity contribution is 7.89. The molecule has 0 bridgehead atoms. The third kappa shape index (κ3) is 5.81. The van der Waals surface area contributed by atoms with Crippen LogP contribution in [-0.4, -0.2) is 44.3 Å². The second-order valence-corrected chi connectivity index (χ2v) is 7.96. The summed E-state index contributed by atoms with van der Waals surface area (Å²) in [7, 11) is -4.35.